The summed E-state index contributed by atoms with van der Waals surface area (Å²) in [5.74, 6) is -4.91. The Hall–Kier alpha value is -4.46. The number of aromatic carboxylic acids is 1. The van der Waals surface area contributed by atoms with Crippen molar-refractivity contribution in [1.29, 1.82) is 1.43 Å². The Morgan fingerprint density at radius 2 is 1.92 bits per heavy atom. The Balaban J connectivity index is 1.60. The van der Waals surface area contributed by atoms with Crippen molar-refractivity contribution in [2.45, 2.75) is 6.54 Å². The van der Waals surface area contributed by atoms with Gasteiger partial charge in [-0.25, -0.2) is 27.6 Å². The summed E-state index contributed by atoms with van der Waals surface area (Å²) in [6.45, 7) is 0.328. The molecule has 0 saturated carbocycles. The minimum atomic E-state index is -1.14. The Bertz CT molecular complexity index is 1450. The van der Waals surface area contributed by atoms with E-state index in [1.807, 2.05) is 0 Å². The van der Waals surface area contributed by atoms with Crippen LogP contribution in [0.5, 0.6) is 11.5 Å². The van der Waals surface area contributed by atoms with Crippen molar-refractivity contribution in [1.82, 2.24) is 0 Å². The second-order valence-corrected chi connectivity index (χ2v) is 8.71. The van der Waals surface area contributed by atoms with Crippen LogP contribution in [0.3, 0.4) is 0 Å². The lowest BCUT2D eigenvalue weighted by molar-refractivity contribution is 0.0586. The van der Waals surface area contributed by atoms with E-state index in [-0.39, 0.29) is 58.7 Å². The summed E-state index contributed by atoms with van der Waals surface area (Å²) in [4.78, 5) is 37.9. The first-order valence-electron chi connectivity index (χ1n) is 11.3. The molecule has 0 radical (unpaired) electrons. The molecule has 0 atom stereocenters. The van der Waals surface area contributed by atoms with Crippen molar-refractivity contribution in [2.24, 2.45) is 0 Å². The molecule has 0 spiro atoms. The van der Waals surface area contributed by atoms with Crippen LogP contribution in [-0.2, 0) is 11.3 Å². The number of methoxy groups -OCH3 is 2. The molecule has 0 unspecified atom stereocenters. The van der Waals surface area contributed by atoms with Crippen molar-refractivity contribution >= 4 is 46.4 Å². The number of esters is 1. The van der Waals surface area contributed by atoms with Gasteiger partial charge in [-0.1, -0.05) is 0 Å². The first-order valence-corrected chi connectivity index (χ1v) is 11.7. The fourth-order valence-corrected chi connectivity index (χ4v) is 4.68. The molecule has 0 aliphatic carbocycles. The van der Waals surface area contributed by atoms with Crippen LogP contribution in [0.4, 0.5) is 35.0 Å². The van der Waals surface area contributed by atoms with E-state index >= 15 is 0 Å². The molecule has 0 bridgehead atoms. The Labute approximate surface area is 219 Å². The maximum absolute atomic E-state index is 14.8. The number of fused-ring (bicyclic) bond motifs is 1. The molecule has 3 N–H and O–H groups in total. The number of rotatable bonds is 7. The number of ether oxygens (including phenoxy) is 3. The van der Waals surface area contributed by atoms with Crippen LogP contribution in [0.15, 0.2) is 29.6 Å². The number of carboxylic acids is 1. The number of urea groups is 1. The summed E-state index contributed by atoms with van der Waals surface area (Å²) >= 11 is 0.726. The third-order valence-electron chi connectivity index (χ3n) is 5.56. The second kappa shape index (κ2) is 10.9. The SMILES string of the molecule is [2H]OC(=O)c1scc(NC(=O)Nc2cc(CN3CCOc4ccc(F)c(F)c43)c(OC)cc2F)c1C(=O)OC. The van der Waals surface area contributed by atoms with Gasteiger partial charge in [0.2, 0.25) is 0 Å². The van der Waals surface area contributed by atoms with Crippen molar-refractivity contribution in [2.75, 3.05) is 42.9 Å². The molecule has 38 heavy (non-hydrogen) atoms. The third kappa shape index (κ3) is 5.16. The van der Waals surface area contributed by atoms with Crippen LogP contribution in [-0.4, -0.2) is 50.4 Å². The number of carboxylic acid groups (broad SMARTS) is 1. The first-order chi connectivity index (χ1) is 18.7. The normalized spacial score (nSPS) is 12.6. The molecule has 2 amide bonds. The second-order valence-electron chi connectivity index (χ2n) is 7.83. The maximum Gasteiger partial charge on any atom is 0.346 e. The van der Waals surface area contributed by atoms with Crippen LogP contribution in [0.1, 0.15) is 25.6 Å². The summed E-state index contributed by atoms with van der Waals surface area (Å²) in [6, 6.07) is 3.55. The van der Waals surface area contributed by atoms with E-state index < -0.39 is 35.4 Å². The largest absolute Gasteiger partial charge is 0.496 e. The number of benzene rings is 2. The number of nitrogens with zero attached hydrogens (tertiary/aromatic N) is 1. The smallest absolute Gasteiger partial charge is 0.346 e. The molecule has 0 saturated heterocycles. The Morgan fingerprint density at radius 1 is 1.16 bits per heavy atom. The number of nitrogens with one attached hydrogen (secondary N) is 2. The van der Waals surface area contributed by atoms with E-state index in [0.29, 0.717) is 5.56 Å². The highest BCUT2D eigenvalue weighted by Gasteiger charge is 2.27. The van der Waals surface area contributed by atoms with E-state index in [2.05, 4.69) is 20.5 Å². The zero-order valence-corrected chi connectivity index (χ0v) is 20.7. The lowest BCUT2D eigenvalue weighted by Gasteiger charge is -2.32. The van der Waals surface area contributed by atoms with Gasteiger partial charge in [0.05, 0.1) is 32.1 Å². The van der Waals surface area contributed by atoms with Gasteiger partial charge in [-0.15, -0.1) is 11.3 Å². The van der Waals surface area contributed by atoms with E-state index in [1.165, 1.54) is 29.5 Å². The quantitative estimate of drug-likeness (QED) is 0.360. The molecule has 4 rings (SSSR count). The zero-order valence-electron chi connectivity index (χ0n) is 20.9. The van der Waals surface area contributed by atoms with Crippen LogP contribution in [0.25, 0.3) is 1.43 Å². The fraction of sp³-hybridized carbons (Fsp3) is 0.208. The van der Waals surface area contributed by atoms with Crippen LogP contribution >= 0.6 is 11.3 Å². The molecular formula is C24H20F3N3O7S. The fourth-order valence-electron chi connectivity index (χ4n) is 3.86. The highest BCUT2D eigenvalue weighted by molar-refractivity contribution is 7.13. The van der Waals surface area contributed by atoms with Gasteiger partial charge in [-0.05, 0) is 18.2 Å². The lowest BCUT2D eigenvalue weighted by Crippen LogP contribution is -2.33. The van der Waals surface area contributed by atoms with Gasteiger partial charge in [-0.3, -0.25) is 0 Å². The van der Waals surface area contributed by atoms with Crippen molar-refractivity contribution in [3.05, 3.63) is 63.1 Å². The van der Waals surface area contributed by atoms with Gasteiger partial charge in [0, 0.05) is 23.6 Å². The summed E-state index contributed by atoms with van der Waals surface area (Å²) in [6.07, 6.45) is 0. The van der Waals surface area contributed by atoms with E-state index in [4.69, 9.17) is 10.9 Å². The van der Waals surface area contributed by atoms with Gasteiger partial charge in [0.15, 0.2) is 11.6 Å². The van der Waals surface area contributed by atoms with Crippen molar-refractivity contribution in [3.8, 4) is 11.5 Å². The molecule has 3 aromatic rings. The molecule has 14 heteroatoms. The molecule has 1 aliphatic heterocycles. The molecule has 0 fully saturated rings. The average molecular weight is 553 g/mol. The molecule has 200 valence electrons. The number of carbonyl (C=O) groups excluding carboxylic acids is 2. The monoisotopic (exact) mass is 552 g/mol. The van der Waals surface area contributed by atoms with E-state index in [1.54, 1.807) is 0 Å². The molecule has 2 heterocycles. The van der Waals surface area contributed by atoms with Gasteiger partial charge in [0.25, 0.3) is 1.43 Å². The minimum Gasteiger partial charge on any atom is -0.496 e. The molecular weight excluding hydrogens is 531 g/mol. The number of thiophene rings is 1. The highest BCUT2D eigenvalue weighted by Crippen LogP contribution is 2.38. The summed E-state index contributed by atoms with van der Waals surface area (Å²) in [7, 11) is 2.36. The van der Waals surface area contributed by atoms with Gasteiger partial charge < -0.3 is 34.9 Å². The summed E-state index contributed by atoms with van der Waals surface area (Å²) in [5.41, 5.74) is -0.545. The van der Waals surface area contributed by atoms with Crippen molar-refractivity contribution in [3.63, 3.8) is 0 Å². The average Bonchev–Trinajstić information content (AvgIpc) is 3.34. The molecule has 1 aliphatic rings. The van der Waals surface area contributed by atoms with Gasteiger partial charge in [-0.2, -0.15) is 0 Å². The number of hydrogen-bond donors (Lipinski definition) is 3. The predicted octanol–water partition coefficient (Wildman–Crippen LogP) is 4.70. The van der Waals surface area contributed by atoms with E-state index in [9.17, 15) is 27.6 Å². The standard InChI is InChI=1S/C24H20F3N3O7S/c1-35-17-8-13(26)14(28-24(34)29-15-10-38-21(22(31)32)18(15)23(33)36-2)7-11(17)9-30-5-6-37-16-4-3-12(25)19(27)20(16)30/h3-4,7-8,10H,5-6,9H2,1-2H3,(H,31,32)(H2,28,29,34)/i/hD. The van der Waals surface area contributed by atoms with Crippen LogP contribution in [0, 0.1) is 17.5 Å². The highest BCUT2D eigenvalue weighted by atomic mass is 32.1. The lowest BCUT2D eigenvalue weighted by atomic mass is 10.1. The summed E-state index contributed by atoms with van der Waals surface area (Å²) in [5, 5.41) is 9.79. The van der Waals surface area contributed by atoms with Gasteiger partial charge in [0.1, 0.15) is 40.1 Å². The van der Waals surface area contributed by atoms with E-state index in [0.717, 1.165) is 30.6 Å². The van der Waals surface area contributed by atoms with Crippen LogP contribution < -0.4 is 25.0 Å². The summed E-state index contributed by atoms with van der Waals surface area (Å²) < 4.78 is 65.5. The Morgan fingerprint density at radius 3 is 2.63 bits per heavy atom. The number of carbonyl (C=O) groups is 3. The third-order valence-corrected chi connectivity index (χ3v) is 6.52. The molecule has 10 nitrogen and oxygen atoms in total. The number of hydrogen-bond acceptors (Lipinski definition) is 9. The zero-order chi connectivity index (χ0) is 28.3. The first kappa shape index (κ1) is 25.2. The molecule has 2 aromatic carbocycles. The molecule has 1 aromatic heterocycles. The topological polar surface area (TPSA) is 126 Å². The maximum atomic E-state index is 14.8. The van der Waals surface area contributed by atoms with Gasteiger partial charge >= 0.3 is 18.0 Å². The number of halogens is 3. The Kier molecular flexibility index (Phi) is 7.22. The van der Waals surface area contributed by atoms with Crippen LogP contribution in [0.2, 0.25) is 0 Å². The number of anilines is 3. The van der Waals surface area contributed by atoms with Crippen molar-refractivity contribution < 1.29 is 46.9 Å². The number of amides is 2. The minimum absolute atomic E-state index is 0.0495. The predicted molar refractivity (Wildman–Crippen MR) is 131 cm³/mol.